The van der Waals surface area contributed by atoms with Gasteiger partial charge in [0.25, 0.3) is 0 Å². The Morgan fingerprint density at radius 2 is 1.86 bits per heavy atom. The fourth-order valence-electron chi connectivity index (χ4n) is 2.92. The van der Waals surface area contributed by atoms with Crippen LogP contribution in [0.2, 0.25) is 0 Å². The van der Waals surface area contributed by atoms with E-state index in [-0.39, 0.29) is 11.5 Å². The predicted octanol–water partition coefficient (Wildman–Crippen LogP) is 3.60. The van der Waals surface area contributed by atoms with Crippen LogP contribution in [0.1, 0.15) is 43.5 Å². The molecule has 112 valence electrons. The van der Waals surface area contributed by atoms with Crippen molar-refractivity contribution in [3.8, 4) is 0 Å². The average Bonchev–Trinajstić information content (AvgIpc) is 2.47. The first-order valence-corrected chi connectivity index (χ1v) is 7.48. The second-order valence-electron chi connectivity index (χ2n) is 6.01. The number of rotatable bonds is 5. The van der Waals surface area contributed by atoms with E-state index >= 15 is 0 Å². The molecule has 0 saturated heterocycles. The van der Waals surface area contributed by atoms with Gasteiger partial charge in [0, 0.05) is 23.2 Å². The van der Waals surface area contributed by atoms with Crippen molar-refractivity contribution in [3.05, 3.63) is 59.3 Å². The molecule has 3 N–H and O–H groups in total. The van der Waals surface area contributed by atoms with Crippen molar-refractivity contribution in [2.24, 2.45) is 0 Å². The molecule has 2 aromatic rings. The molecule has 0 aliphatic carbocycles. The molecule has 2 rings (SSSR count). The lowest BCUT2D eigenvalue weighted by atomic mass is 9.74. The summed E-state index contributed by atoms with van der Waals surface area (Å²) in [6, 6.07) is 12.7. The first-order chi connectivity index (χ1) is 9.98. The maximum atomic E-state index is 6.18. The minimum Gasteiger partial charge on any atom is -0.383 e. The van der Waals surface area contributed by atoms with Crippen LogP contribution in [0.25, 0.3) is 0 Å². The van der Waals surface area contributed by atoms with Gasteiger partial charge in [0.2, 0.25) is 0 Å². The monoisotopic (exact) mass is 283 g/mol. The molecule has 0 radical (unpaired) electrons. The number of nitrogens with zero attached hydrogens (tertiary/aromatic N) is 1. The summed E-state index contributed by atoms with van der Waals surface area (Å²) < 4.78 is 0. The zero-order valence-electron chi connectivity index (χ0n) is 13.4. The molecule has 0 bridgehead atoms. The second kappa shape index (κ2) is 6.27. The van der Waals surface area contributed by atoms with Gasteiger partial charge in [0.15, 0.2) is 0 Å². The number of nitrogens with one attached hydrogen (secondary N) is 1. The Balaban J connectivity index is 2.53. The fourth-order valence-corrected chi connectivity index (χ4v) is 2.92. The molecule has 0 aliphatic rings. The third kappa shape index (κ3) is 3.08. The topological polar surface area (TPSA) is 50.9 Å². The third-order valence-electron chi connectivity index (χ3n) is 4.18. The molecule has 1 aromatic carbocycles. The smallest absolute Gasteiger partial charge is 0.128 e. The summed E-state index contributed by atoms with van der Waals surface area (Å²) in [6.45, 7) is 9.60. The molecule has 3 nitrogen and oxygen atoms in total. The third-order valence-corrected chi connectivity index (χ3v) is 4.18. The van der Waals surface area contributed by atoms with Crippen LogP contribution < -0.4 is 11.1 Å². The molecule has 1 atom stereocenters. The van der Waals surface area contributed by atoms with E-state index in [2.05, 4.69) is 62.3 Å². The highest BCUT2D eigenvalue weighted by Crippen LogP contribution is 2.39. The number of hydrogen-bond acceptors (Lipinski definition) is 3. The number of benzene rings is 1. The van der Waals surface area contributed by atoms with Crippen molar-refractivity contribution in [1.82, 2.24) is 10.3 Å². The van der Waals surface area contributed by atoms with Gasteiger partial charge in [-0.25, -0.2) is 4.98 Å². The van der Waals surface area contributed by atoms with E-state index < -0.39 is 0 Å². The second-order valence-corrected chi connectivity index (χ2v) is 6.01. The lowest BCUT2D eigenvalue weighted by Crippen LogP contribution is -2.38. The molecule has 0 aliphatic heterocycles. The molecule has 0 fully saturated rings. The number of aryl methyl sites for hydroxylation is 1. The summed E-state index contributed by atoms with van der Waals surface area (Å²) >= 11 is 0. The van der Waals surface area contributed by atoms with E-state index in [1.54, 1.807) is 6.20 Å². The first kappa shape index (κ1) is 15.5. The van der Waals surface area contributed by atoms with Crippen LogP contribution in [-0.2, 0) is 5.41 Å². The highest BCUT2D eigenvalue weighted by molar-refractivity contribution is 5.48. The van der Waals surface area contributed by atoms with E-state index in [0.717, 1.165) is 12.1 Å². The Kier molecular flexibility index (Phi) is 4.63. The Morgan fingerprint density at radius 3 is 2.43 bits per heavy atom. The van der Waals surface area contributed by atoms with E-state index in [9.17, 15) is 0 Å². The maximum Gasteiger partial charge on any atom is 0.128 e. The largest absolute Gasteiger partial charge is 0.383 e. The number of pyridine rings is 1. The van der Waals surface area contributed by atoms with Crippen LogP contribution in [0.15, 0.2) is 42.6 Å². The van der Waals surface area contributed by atoms with Gasteiger partial charge in [-0.3, -0.25) is 0 Å². The van der Waals surface area contributed by atoms with Crippen LogP contribution in [0.4, 0.5) is 5.82 Å². The summed E-state index contributed by atoms with van der Waals surface area (Å²) in [5, 5.41) is 3.60. The van der Waals surface area contributed by atoms with Crippen molar-refractivity contribution in [1.29, 1.82) is 0 Å². The summed E-state index contributed by atoms with van der Waals surface area (Å²) in [4.78, 5) is 4.29. The van der Waals surface area contributed by atoms with Crippen molar-refractivity contribution in [2.45, 2.75) is 39.2 Å². The van der Waals surface area contributed by atoms with Gasteiger partial charge in [-0.2, -0.15) is 0 Å². The summed E-state index contributed by atoms with van der Waals surface area (Å²) in [7, 11) is 0. The van der Waals surface area contributed by atoms with Gasteiger partial charge in [-0.15, -0.1) is 0 Å². The first-order valence-electron chi connectivity index (χ1n) is 7.48. The van der Waals surface area contributed by atoms with Crippen LogP contribution in [0, 0.1) is 6.92 Å². The molecule has 1 unspecified atom stereocenters. The lowest BCUT2D eigenvalue weighted by molar-refractivity contribution is 0.353. The van der Waals surface area contributed by atoms with Gasteiger partial charge in [-0.05, 0) is 30.7 Å². The van der Waals surface area contributed by atoms with Gasteiger partial charge < -0.3 is 11.1 Å². The Bertz CT molecular complexity index is 570. The highest BCUT2D eigenvalue weighted by Gasteiger charge is 2.34. The number of hydrogen-bond donors (Lipinski definition) is 2. The minimum absolute atomic E-state index is 0.0841. The molecular weight excluding hydrogens is 258 g/mol. The van der Waals surface area contributed by atoms with E-state index in [4.69, 9.17) is 5.73 Å². The molecule has 3 heteroatoms. The van der Waals surface area contributed by atoms with Gasteiger partial charge in [0.05, 0.1) is 0 Å². The average molecular weight is 283 g/mol. The van der Waals surface area contributed by atoms with Crippen LogP contribution >= 0.6 is 0 Å². The van der Waals surface area contributed by atoms with Crippen molar-refractivity contribution in [3.63, 3.8) is 0 Å². The lowest BCUT2D eigenvalue weighted by Gasteiger charge is -2.37. The number of anilines is 1. The Labute approximate surface area is 127 Å². The molecule has 1 aromatic heterocycles. The van der Waals surface area contributed by atoms with E-state index in [0.29, 0.717) is 5.82 Å². The van der Waals surface area contributed by atoms with Crippen molar-refractivity contribution in [2.75, 3.05) is 12.3 Å². The zero-order valence-corrected chi connectivity index (χ0v) is 13.4. The Hall–Kier alpha value is -1.87. The number of likely N-dealkylation sites (N-methyl/N-ethyl adjacent to an activating group) is 1. The molecule has 0 amide bonds. The zero-order chi connectivity index (χ0) is 15.5. The molecule has 1 heterocycles. The maximum absolute atomic E-state index is 6.18. The van der Waals surface area contributed by atoms with Crippen molar-refractivity contribution >= 4 is 5.82 Å². The van der Waals surface area contributed by atoms with Gasteiger partial charge in [0.1, 0.15) is 5.82 Å². The number of nitrogens with two attached hydrogens (primary N) is 1. The van der Waals surface area contributed by atoms with Crippen LogP contribution in [0.3, 0.4) is 0 Å². The minimum atomic E-state index is -0.0841. The number of nitrogen functional groups attached to an aromatic ring is 1. The Morgan fingerprint density at radius 1 is 1.19 bits per heavy atom. The van der Waals surface area contributed by atoms with Crippen LogP contribution in [0.5, 0.6) is 0 Å². The summed E-state index contributed by atoms with van der Waals surface area (Å²) in [5.41, 5.74) is 9.67. The van der Waals surface area contributed by atoms with Gasteiger partial charge >= 0.3 is 0 Å². The summed E-state index contributed by atoms with van der Waals surface area (Å²) in [6.07, 6.45) is 1.77. The predicted molar refractivity (Wildman–Crippen MR) is 89.3 cm³/mol. The summed E-state index contributed by atoms with van der Waals surface area (Å²) in [5.74, 6) is 0.616. The molecule has 21 heavy (non-hydrogen) atoms. The number of aromatic nitrogens is 1. The van der Waals surface area contributed by atoms with E-state index in [1.165, 1.54) is 11.1 Å². The highest BCUT2D eigenvalue weighted by atomic mass is 14.9. The molecule has 0 saturated carbocycles. The van der Waals surface area contributed by atoms with E-state index in [1.807, 2.05) is 12.1 Å². The standard InChI is InChI=1S/C18H25N3/c1-5-20-16(15-13(2)11-12-21-17(15)19)18(3,4)14-9-7-6-8-10-14/h6-12,16,20H,5H2,1-4H3,(H2,19,21). The van der Waals surface area contributed by atoms with Crippen LogP contribution in [-0.4, -0.2) is 11.5 Å². The molecule has 0 spiro atoms. The SMILES string of the molecule is CCNC(c1c(C)ccnc1N)C(C)(C)c1ccccc1. The fraction of sp³-hybridized carbons (Fsp3) is 0.389. The quantitative estimate of drug-likeness (QED) is 0.881. The van der Waals surface area contributed by atoms with Crippen molar-refractivity contribution < 1.29 is 0 Å². The molecular formula is C18H25N3. The normalized spacial score (nSPS) is 13.1. The van der Waals surface area contributed by atoms with Gasteiger partial charge in [-0.1, -0.05) is 51.1 Å².